The quantitative estimate of drug-likeness (QED) is 0.169. The van der Waals surface area contributed by atoms with E-state index in [9.17, 15) is 0 Å². The van der Waals surface area contributed by atoms with Gasteiger partial charge in [0.25, 0.3) is 0 Å². The molecule has 4 nitrogen and oxygen atoms in total. The second-order valence-corrected chi connectivity index (χ2v) is 22.2. The van der Waals surface area contributed by atoms with E-state index in [4.69, 9.17) is 13.9 Å². The van der Waals surface area contributed by atoms with Gasteiger partial charge in [-0.3, -0.25) is 4.90 Å². The Kier molecular flexibility index (Phi) is 10.9. The zero-order chi connectivity index (χ0) is 33.2. The summed E-state index contributed by atoms with van der Waals surface area (Å²) in [6.45, 7) is 16.3. The van der Waals surface area contributed by atoms with Gasteiger partial charge in [-0.15, -0.1) is 11.8 Å². The molecule has 0 aromatic heterocycles. The zero-order valence-corrected chi connectivity index (χ0v) is 31.5. The summed E-state index contributed by atoms with van der Waals surface area (Å²) < 4.78 is 20.5. The van der Waals surface area contributed by atoms with E-state index >= 15 is 0 Å². The van der Waals surface area contributed by atoms with Gasteiger partial charge in [0.15, 0.2) is 0 Å². The summed E-state index contributed by atoms with van der Waals surface area (Å²) >= 11 is 2.08. The molecule has 1 aliphatic carbocycles. The average Bonchev–Trinajstić information content (AvgIpc) is 3.41. The minimum Gasteiger partial charge on any atom is -0.497 e. The number of thioether (sulfide) groups is 1. The number of piperidine rings is 1. The predicted molar refractivity (Wildman–Crippen MR) is 199 cm³/mol. The highest BCUT2D eigenvalue weighted by atomic mass is 32.2. The fourth-order valence-electron chi connectivity index (χ4n) is 9.86. The van der Waals surface area contributed by atoms with E-state index in [0.717, 1.165) is 25.1 Å². The van der Waals surface area contributed by atoms with Crippen LogP contribution in [0.2, 0.25) is 16.6 Å². The lowest BCUT2D eigenvalue weighted by molar-refractivity contribution is -0.168. The summed E-state index contributed by atoms with van der Waals surface area (Å²) in [6, 6.07) is 30.8. The summed E-state index contributed by atoms with van der Waals surface area (Å²) in [5, 5.41) is 0.567. The summed E-state index contributed by atoms with van der Waals surface area (Å²) in [5.41, 5.74) is 4.49. The molecule has 0 unspecified atom stereocenters. The second-order valence-electron chi connectivity index (χ2n) is 15.4. The minimum absolute atomic E-state index is 0.0920. The Morgan fingerprint density at radius 1 is 0.809 bits per heavy atom. The van der Waals surface area contributed by atoms with Crippen LogP contribution in [-0.4, -0.2) is 55.9 Å². The third-order valence-electron chi connectivity index (χ3n) is 11.8. The first-order chi connectivity index (χ1) is 22.6. The fraction of sp³-hybridized carbons (Fsp3) is 0.561. The van der Waals surface area contributed by atoms with Gasteiger partial charge >= 0.3 is 0 Å². The maximum Gasteiger partial charge on any atom is 0.200 e. The summed E-state index contributed by atoms with van der Waals surface area (Å²) in [7, 11) is -0.333. The van der Waals surface area contributed by atoms with Crippen molar-refractivity contribution in [3.05, 3.63) is 96.1 Å². The summed E-state index contributed by atoms with van der Waals surface area (Å²) in [4.78, 5) is 4.31. The molecule has 0 amide bonds. The van der Waals surface area contributed by atoms with E-state index in [2.05, 4.69) is 143 Å². The minimum atomic E-state index is -2.08. The molecule has 0 N–H and O–H groups in total. The van der Waals surface area contributed by atoms with E-state index in [1.54, 1.807) is 7.11 Å². The molecule has 0 radical (unpaired) electrons. The highest BCUT2D eigenvalue weighted by molar-refractivity contribution is 8.00. The van der Waals surface area contributed by atoms with E-state index in [-0.39, 0.29) is 23.8 Å². The maximum atomic E-state index is 7.75. The van der Waals surface area contributed by atoms with Crippen LogP contribution in [0.5, 0.6) is 5.75 Å². The Labute approximate surface area is 290 Å². The Morgan fingerprint density at radius 2 is 1.45 bits per heavy atom. The SMILES string of the molecule is COc1ccc(C[C@H]2[C@@H](OCc3ccccc3)[C@H]3C[C@@]4(CC[C@H]3O[Si](C(C)C)(C(C)C)C(C)C)C[C@@H](Sc3ccccc3)CN24)cc1. The van der Waals surface area contributed by atoms with Crippen LogP contribution in [0.25, 0.3) is 0 Å². The van der Waals surface area contributed by atoms with E-state index in [1.165, 1.54) is 35.3 Å². The van der Waals surface area contributed by atoms with Crippen LogP contribution in [0.1, 0.15) is 78.4 Å². The van der Waals surface area contributed by atoms with E-state index < -0.39 is 8.32 Å². The van der Waals surface area contributed by atoms with Crippen LogP contribution < -0.4 is 4.74 Å². The molecule has 6 heteroatoms. The maximum absolute atomic E-state index is 7.75. The molecule has 3 aromatic rings. The molecular weight excluding hydrogens is 615 g/mol. The van der Waals surface area contributed by atoms with E-state index in [1.807, 2.05) is 0 Å². The Morgan fingerprint density at radius 3 is 2.06 bits per heavy atom. The van der Waals surface area contributed by atoms with Crippen molar-refractivity contribution in [2.75, 3.05) is 13.7 Å². The molecule has 3 fully saturated rings. The lowest BCUT2D eigenvalue weighted by Gasteiger charge is -2.60. The first kappa shape index (κ1) is 34.8. The molecule has 254 valence electrons. The van der Waals surface area contributed by atoms with Crippen molar-refractivity contribution in [1.29, 1.82) is 0 Å². The van der Waals surface area contributed by atoms with Gasteiger partial charge in [-0.05, 0) is 84.1 Å². The first-order valence-corrected chi connectivity index (χ1v) is 21.1. The molecule has 6 rings (SSSR count). The second kappa shape index (κ2) is 14.8. The Balaban J connectivity index is 1.38. The highest BCUT2D eigenvalue weighted by Crippen LogP contribution is 2.56. The smallest absolute Gasteiger partial charge is 0.200 e. The molecule has 2 aliphatic heterocycles. The molecule has 3 aromatic carbocycles. The third-order valence-corrected chi connectivity index (χ3v) is 19.1. The largest absolute Gasteiger partial charge is 0.497 e. The topological polar surface area (TPSA) is 30.9 Å². The molecule has 3 aliphatic rings. The van der Waals surface area contributed by atoms with Crippen LogP contribution in [0.15, 0.2) is 89.8 Å². The molecule has 6 atom stereocenters. The van der Waals surface area contributed by atoms with Crippen molar-refractivity contribution in [3.8, 4) is 5.75 Å². The number of methoxy groups -OCH3 is 1. The van der Waals surface area contributed by atoms with Crippen molar-refractivity contribution >= 4 is 20.1 Å². The number of nitrogens with zero attached hydrogens (tertiary/aromatic N) is 1. The van der Waals surface area contributed by atoms with Gasteiger partial charge in [0, 0.05) is 34.2 Å². The van der Waals surface area contributed by atoms with Gasteiger partial charge in [0.2, 0.25) is 8.32 Å². The van der Waals surface area contributed by atoms with Gasteiger partial charge in [0.05, 0.1) is 25.9 Å². The van der Waals surface area contributed by atoms with Gasteiger partial charge in [0.1, 0.15) is 5.75 Å². The third kappa shape index (κ3) is 7.14. The monoisotopic (exact) mass is 671 g/mol. The van der Waals surface area contributed by atoms with Crippen molar-refractivity contribution in [2.45, 2.75) is 131 Å². The Hall–Kier alpha value is -2.09. The number of hydrogen-bond donors (Lipinski definition) is 0. The van der Waals surface area contributed by atoms with Crippen LogP contribution in [0.3, 0.4) is 0 Å². The average molecular weight is 672 g/mol. The summed E-state index contributed by atoms with van der Waals surface area (Å²) in [5.74, 6) is 1.28. The number of benzene rings is 3. The molecule has 2 saturated heterocycles. The van der Waals surface area contributed by atoms with Crippen molar-refractivity contribution in [1.82, 2.24) is 4.90 Å². The molecular formula is C41H57NO3SSi. The van der Waals surface area contributed by atoms with Gasteiger partial charge in [-0.2, -0.15) is 0 Å². The predicted octanol–water partition coefficient (Wildman–Crippen LogP) is 10.2. The van der Waals surface area contributed by atoms with Crippen LogP contribution >= 0.6 is 11.8 Å². The molecule has 1 saturated carbocycles. The fourth-order valence-corrected chi connectivity index (χ4v) is 16.8. The lowest BCUT2D eigenvalue weighted by Crippen LogP contribution is -2.68. The highest BCUT2D eigenvalue weighted by Gasteiger charge is 2.61. The normalized spacial score (nSPS) is 27.8. The summed E-state index contributed by atoms with van der Waals surface area (Å²) in [6.07, 6.45) is 6.05. The molecule has 1 spiro atoms. The zero-order valence-electron chi connectivity index (χ0n) is 29.7. The Bertz CT molecular complexity index is 1400. The van der Waals surface area contributed by atoms with Crippen LogP contribution in [-0.2, 0) is 22.2 Å². The molecule has 2 heterocycles. The number of ether oxygens (including phenoxy) is 2. The molecule has 2 bridgehead atoms. The number of hydrogen-bond acceptors (Lipinski definition) is 5. The lowest BCUT2D eigenvalue weighted by atomic mass is 9.65. The first-order valence-electron chi connectivity index (χ1n) is 18.1. The van der Waals surface area contributed by atoms with Crippen LogP contribution in [0.4, 0.5) is 0 Å². The van der Waals surface area contributed by atoms with Crippen molar-refractivity contribution < 1.29 is 13.9 Å². The van der Waals surface area contributed by atoms with Crippen molar-refractivity contribution in [2.24, 2.45) is 5.92 Å². The van der Waals surface area contributed by atoms with Crippen molar-refractivity contribution in [3.63, 3.8) is 0 Å². The van der Waals surface area contributed by atoms with Gasteiger partial charge < -0.3 is 13.9 Å². The molecule has 47 heavy (non-hydrogen) atoms. The standard InChI is InChI=1S/C41H57NO3SSi/c1-29(2)47(30(3)4,31(5)6)45-39-22-23-41-25-36(46-35-16-12-9-13-17-35)27-42(41)38(24-32-18-20-34(43-7)21-19-32)40(37(39)26-41)44-28-33-14-10-8-11-15-33/h8-21,29-31,36-40H,22-28H2,1-7H3/t36-,37+,38+,39-,40+,41-/m1/s1. The van der Waals surface area contributed by atoms with Gasteiger partial charge in [-0.1, -0.05) is 102 Å². The number of rotatable bonds is 13. The number of fused-ring (bicyclic) bond motifs is 1. The van der Waals surface area contributed by atoms with E-state index in [0.29, 0.717) is 34.4 Å². The van der Waals surface area contributed by atoms with Gasteiger partial charge in [-0.25, -0.2) is 0 Å². The van der Waals surface area contributed by atoms with Crippen LogP contribution in [0, 0.1) is 5.92 Å².